The van der Waals surface area contributed by atoms with Gasteiger partial charge < -0.3 is 16.5 Å². The summed E-state index contributed by atoms with van der Waals surface area (Å²) in [6.45, 7) is 2.59. The molecule has 2 aromatic rings. The molecule has 5 N–H and O–H groups in total. The molecule has 2 rings (SSSR count). The first-order valence-corrected chi connectivity index (χ1v) is 6.15. The number of aromatic amines is 1. The Morgan fingerprint density at radius 3 is 2.81 bits per heavy atom. The van der Waals surface area contributed by atoms with Crippen LogP contribution in [0.25, 0.3) is 10.9 Å². The van der Waals surface area contributed by atoms with Crippen LogP contribution in [0.15, 0.2) is 28.7 Å². The average Bonchev–Trinajstić information content (AvgIpc) is 2.69. The molecule has 0 radical (unpaired) electrons. The summed E-state index contributed by atoms with van der Waals surface area (Å²) >= 11 is 3.46. The molecule has 0 aliphatic carbocycles. The molecule has 1 aromatic carbocycles. The topological polar surface area (TPSA) is 67.8 Å². The fraction of sp³-hybridized carbons (Fsp3) is 0.333. The van der Waals surface area contributed by atoms with E-state index in [2.05, 4.69) is 46.0 Å². The average molecular weight is 282 g/mol. The van der Waals surface area contributed by atoms with Gasteiger partial charge in [-0.05, 0) is 24.3 Å². The Hall–Kier alpha value is -0.840. The van der Waals surface area contributed by atoms with E-state index in [0.717, 1.165) is 15.7 Å². The van der Waals surface area contributed by atoms with Crippen molar-refractivity contribution in [3.63, 3.8) is 0 Å². The van der Waals surface area contributed by atoms with E-state index in [4.69, 9.17) is 11.5 Å². The van der Waals surface area contributed by atoms with Gasteiger partial charge in [-0.15, -0.1) is 0 Å². The summed E-state index contributed by atoms with van der Waals surface area (Å²) in [5.74, 6) is 0.246. The summed E-state index contributed by atoms with van der Waals surface area (Å²) in [6, 6.07) is 8.31. The van der Waals surface area contributed by atoms with Crippen molar-refractivity contribution in [2.24, 2.45) is 11.5 Å². The van der Waals surface area contributed by atoms with E-state index >= 15 is 0 Å². The minimum atomic E-state index is -0.00324. The zero-order chi connectivity index (χ0) is 11.7. The van der Waals surface area contributed by atoms with Gasteiger partial charge in [0.05, 0.1) is 0 Å². The molecule has 2 atom stereocenters. The van der Waals surface area contributed by atoms with Gasteiger partial charge in [-0.1, -0.05) is 22.9 Å². The van der Waals surface area contributed by atoms with Crippen LogP contribution in [-0.2, 0) is 0 Å². The second kappa shape index (κ2) is 4.57. The van der Waals surface area contributed by atoms with Crippen molar-refractivity contribution < 1.29 is 0 Å². The SMILES string of the molecule is CC(c1cc2cc(Br)ccc2[nH]1)C(N)CN. The Labute approximate surface area is 103 Å². The molecule has 4 heteroatoms. The zero-order valence-electron chi connectivity index (χ0n) is 9.20. The number of benzene rings is 1. The molecule has 2 unspecified atom stereocenters. The first-order chi connectivity index (χ1) is 7.61. The summed E-state index contributed by atoms with van der Waals surface area (Å²) in [5.41, 5.74) is 13.8. The fourth-order valence-electron chi connectivity index (χ4n) is 1.81. The lowest BCUT2D eigenvalue weighted by Gasteiger charge is -2.16. The van der Waals surface area contributed by atoms with Crippen LogP contribution in [0.2, 0.25) is 0 Å². The summed E-state index contributed by atoms with van der Waals surface area (Å²) in [7, 11) is 0. The number of rotatable bonds is 3. The van der Waals surface area contributed by atoms with Gasteiger partial charge in [-0.2, -0.15) is 0 Å². The lowest BCUT2D eigenvalue weighted by Crippen LogP contribution is -2.34. The number of aromatic nitrogens is 1. The van der Waals surface area contributed by atoms with E-state index < -0.39 is 0 Å². The maximum Gasteiger partial charge on any atom is 0.0456 e. The highest BCUT2D eigenvalue weighted by atomic mass is 79.9. The maximum absolute atomic E-state index is 5.95. The smallest absolute Gasteiger partial charge is 0.0456 e. The number of hydrogen-bond donors (Lipinski definition) is 3. The first kappa shape index (κ1) is 11.6. The minimum Gasteiger partial charge on any atom is -0.358 e. The van der Waals surface area contributed by atoms with Gasteiger partial charge in [0, 0.05) is 39.6 Å². The molecule has 1 heterocycles. The van der Waals surface area contributed by atoms with Crippen LogP contribution in [0.5, 0.6) is 0 Å². The Morgan fingerprint density at radius 1 is 1.38 bits per heavy atom. The third-order valence-electron chi connectivity index (χ3n) is 3.01. The molecule has 0 bridgehead atoms. The molecule has 0 spiro atoms. The van der Waals surface area contributed by atoms with Gasteiger partial charge in [0.1, 0.15) is 0 Å². The molecule has 0 aliphatic rings. The predicted molar refractivity (Wildman–Crippen MR) is 71.4 cm³/mol. The van der Waals surface area contributed by atoms with Gasteiger partial charge in [0.2, 0.25) is 0 Å². The zero-order valence-corrected chi connectivity index (χ0v) is 10.8. The highest BCUT2D eigenvalue weighted by Crippen LogP contribution is 2.25. The van der Waals surface area contributed by atoms with Crippen molar-refractivity contribution in [3.8, 4) is 0 Å². The fourth-order valence-corrected chi connectivity index (χ4v) is 2.18. The van der Waals surface area contributed by atoms with E-state index in [1.54, 1.807) is 0 Å². The monoisotopic (exact) mass is 281 g/mol. The van der Waals surface area contributed by atoms with Crippen molar-refractivity contribution in [1.29, 1.82) is 0 Å². The van der Waals surface area contributed by atoms with Crippen LogP contribution in [0.1, 0.15) is 18.5 Å². The molecule has 3 nitrogen and oxygen atoms in total. The first-order valence-electron chi connectivity index (χ1n) is 5.35. The molecule has 0 saturated carbocycles. The van der Waals surface area contributed by atoms with Gasteiger partial charge in [-0.3, -0.25) is 0 Å². The summed E-state index contributed by atoms with van der Waals surface area (Å²) in [6.07, 6.45) is 0. The van der Waals surface area contributed by atoms with Crippen LogP contribution in [0, 0.1) is 0 Å². The second-order valence-corrected chi connectivity index (χ2v) is 5.06. The Morgan fingerprint density at radius 2 is 2.12 bits per heavy atom. The minimum absolute atomic E-state index is 0.00324. The number of nitrogens with two attached hydrogens (primary N) is 2. The largest absolute Gasteiger partial charge is 0.358 e. The van der Waals surface area contributed by atoms with Crippen LogP contribution in [0.4, 0.5) is 0 Å². The Kier molecular flexibility index (Phi) is 3.33. The summed E-state index contributed by atoms with van der Waals surface area (Å²) in [5, 5.41) is 1.19. The van der Waals surface area contributed by atoms with Crippen molar-refractivity contribution in [1.82, 2.24) is 4.98 Å². The molecular formula is C12H16BrN3. The molecular weight excluding hydrogens is 266 g/mol. The lowest BCUT2D eigenvalue weighted by atomic mass is 9.99. The van der Waals surface area contributed by atoms with Crippen molar-refractivity contribution in [2.75, 3.05) is 6.54 Å². The van der Waals surface area contributed by atoms with E-state index in [9.17, 15) is 0 Å². The number of halogens is 1. The molecule has 0 amide bonds. The van der Waals surface area contributed by atoms with Crippen molar-refractivity contribution in [2.45, 2.75) is 18.9 Å². The number of H-pyrrole nitrogens is 1. The van der Waals surface area contributed by atoms with E-state index in [0.29, 0.717) is 6.54 Å². The number of hydrogen-bond acceptors (Lipinski definition) is 2. The van der Waals surface area contributed by atoms with Crippen molar-refractivity contribution >= 4 is 26.8 Å². The number of fused-ring (bicyclic) bond motifs is 1. The van der Waals surface area contributed by atoms with E-state index in [1.165, 1.54) is 5.39 Å². The maximum atomic E-state index is 5.95. The van der Waals surface area contributed by atoms with Crippen LogP contribution >= 0.6 is 15.9 Å². The van der Waals surface area contributed by atoms with Crippen LogP contribution < -0.4 is 11.5 Å². The van der Waals surface area contributed by atoms with Crippen LogP contribution in [0.3, 0.4) is 0 Å². The Balaban J connectivity index is 2.39. The van der Waals surface area contributed by atoms with Gasteiger partial charge in [-0.25, -0.2) is 0 Å². The standard InChI is InChI=1S/C12H16BrN3/c1-7(10(15)6-14)12-5-8-4-9(13)2-3-11(8)16-12/h2-5,7,10,16H,6,14-15H2,1H3. The van der Waals surface area contributed by atoms with E-state index in [1.807, 2.05) is 6.07 Å². The highest BCUT2D eigenvalue weighted by molar-refractivity contribution is 9.10. The third kappa shape index (κ3) is 2.14. The van der Waals surface area contributed by atoms with Gasteiger partial charge in [0.15, 0.2) is 0 Å². The highest BCUT2D eigenvalue weighted by Gasteiger charge is 2.15. The summed E-state index contributed by atoms with van der Waals surface area (Å²) in [4.78, 5) is 3.38. The second-order valence-electron chi connectivity index (χ2n) is 4.14. The van der Waals surface area contributed by atoms with Crippen molar-refractivity contribution in [3.05, 3.63) is 34.4 Å². The molecule has 0 fully saturated rings. The quantitative estimate of drug-likeness (QED) is 0.808. The van der Waals surface area contributed by atoms with Gasteiger partial charge >= 0.3 is 0 Å². The lowest BCUT2D eigenvalue weighted by molar-refractivity contribution is 0.567. The molecule has 86 valence electrons. The third-order valence-corrected chi connectivity index (χ3v) is 3.50. The van der Waals surface area contributed by atoms with E-state index in [-0.39, 0.29) is 12.0 Å². The molecule has 0 saturated heterocycles. The molecule has 0 aliphatic heterocycles. The van der Waals surface area contributed by atoms with Crippen LogP contribution in [-0.4, -0.2) is 17.6 Å². The predicted octanol–water partition coefficient (Wildman–Crippen LogP) is 2.32. The van der Waals surface area contributed by atoms with Gasteiger partial charge in [0.25, 0.3) is 0 Å². The Bertz CT molecular complexity index is 492. The summed E-state index contributed by atoms with van der Waals surface area (Å²) < 4.78 is 1.08. The number of nitrogens with one attached hydrogen (secondary N) is 1. The molecule has 16 heavy (non-hydrogen) atoms. The normalized spacial score (nSPS) is 15.2. The molecule has 1 aromatic heterocycles.